The number of rotatable bonds is 8. The molecule has 1 aliphatic rings. The molecule has 2 N–H and O–H groups in total. The first-order valence-corrected chi connectivity index (χ1v) is 7.68. The lowest BCUT2D eigenvalue weighted by Gasteiger charge is -2.36. The van der Waals surface area contributed by atoms with Crippen molar-refractivity contribution in [3.05, 3.63) is 0 Å². The number of hydrogen-bond donors (Lipinski definition) is 2. The van der Waals surface area contributed by atoms with Gasteiger partial charge < -0.3 is 10.6 Å². The summed E-state index contributed by atoms with van der Waals surface area (Å²) in [5, 5.41) is 7.39. The van der Waals surface area contributed by atoms with Gasteiger partial charge in [0, 0.05) is 18.1 Å². The number of nitrogens with one attached hydrogen (secondary N) is 2. The highest BCUT2D eigenvalue weighted by atomic mass is 15.0. The van der Waals surface area contributed by atoms with Gasteiger partial charge in [-0.15, -0.1) is 0 Å². The normalized spacial score (nSPS) is 24.5. The van der Waals surface area contributed by atoms with Gasteiger partial charge in [0.05, 0.1) is 0 Å². The van der Waals surface area contributed by atoms with Gasteiger partial charge in [-0.3, -0.25) is 0 Å². The maximum absolute atomic E-state index is 3.90. The molecule has 1 heterocycles. The van der Waals surface area contributed by atoms with Crippen LogP contribution in [0.1, 0.15) is 72.1 Å². The quantitative estimate of drug-likeness (QED) is 0.635. The summed E-state index contributed by atoms with van der Waals surface area (Å²) in [5.74, 6) is 0. The van der Waals surface area contributed by atoms with Gasteiger partial charge in [-0.2, -0.15) is 0 Å². The molecule has 102 valence electrons. The van der Waals surface area contributed by atoms with Crippen LogP contribution < -0.4 is 10.6 Å². The molecule has 0 bridgehead atoms. The fourth-order valence-corrected chi connectivity index (χ4v) is 2.76. The van der Waals surface area contributed by atoms with Crippen LogP contribution in [0.5, 0.6) is 0 Å². The Hall–Kier alpha value is -0.0800. The zero-order valence-electron chi connectivity index (χ0n) is 12.1. The topological polar surface area (TPSA) is 24.1 Å². The highest BCUT2D eigenvalue weighted by Gasteiger charge is 2.25. The lowest BCUT2D eigenvalue weighted by atomic mass is 9.89. The van der Waals surface area contributed by atoms with Crippen molar-refractivity contribution in [3.8, 4) is 0 Å². The summed E-state index contributed by atoms with van der Waals surface area (Å²) < 4.78 is 0. The van der Waals surface area contributed by atoms with Gasteiger partial charge in [-0.1, -0.05) is 39.5 Å². The molecule has 0 saturated carbocycles. The van der Waals surface area contributed by atoms with E-state index in [9.17, 15) is 0 Å². The molecular formula is C15H32N2. The van der Waals surface area contributed by atoms with Crippen LogP contribution in [-0.2, 0) is 0 Å². The summed E-state index contributed by atoms with van der Waals surface area (Å²) >= 11 is 0. The molecule has 1 fully saturated rings. The van der Waals surface area contributed by atoms with E-state index in [-0.39, 0.29) is 0 Å². The number of piperidine rings is 1. The van der Waals surface area contributed by atoms with Crippen LogP contribution in [0, 0.1) is 0 Å². The van der Waals surface area contributed by atoms with Crippen LogP contribution in [0.2, 0.25) is 0 Å². The molecule has 0 aromatic heterocycles. The SMILES string of the molecule is CCCCCCC(C)(CC)NC1CCCNC1. The first-order chi connectivity index (χ1) is 8.20. The Labute approximate surface area is 108 Å². The number of unbranched alkanes of at least 4 members (excludes halogenated alkanes) is 3. The third-order valence-electron chi connectivity index (χ3n) is 4.21. The molecule has 0 aromatic rings. The lowest BCUT2D eigenvalue weighted by molar-refractivity contribution is 0.245. The molecule has 0 radical (unpaired) electrons. The number of hydrogen-bond acceptors (Lipinski definition) is 2. The third-order valence-corrected chi connectivity index (χ3v) is 4.21. The Balaban J connectivity index is 2.27. The second-order valence-electron chi connectivity index (χ2n) is 5.91. The first kappa shape index (κ1) is 15.0. The van der Waals surface area contributed by atoms with Crippen molar-refractivity contribution in [1.82, 2.24) is 10.6 Å². The van der Waals surface area contributed by atoms with E-state index in [0.717, 1.165) is 6.54 Å². The van der Waals surface area contributed by atoms with E-state index in [1.165, 1.54) is 57.9 Å². The van der Waals surface area contributed by atoms with Crippen LogP contribution >= 0.6 is 0 Å². The summed E-state index contributed by atoms with van der Waals surface area (Å²) in [6, 6.07) is 0.694. The summed E-state index contributed by atoms with van der Waals surface area (Å²) in [5.41, 5.74) is 0.359. The summed E-state index contributed by atoms with van der Waals surface area (Å²) in [7, 11) is 0. The standard InChI is InChI=1S/C15H32N2/c1-4-6-7-8-11-15(3,5-2)17-14-10-9-12-16-13-14/h14,16-17H,4-13H2,1-3H3. The Morgan fingerprint density at radius 3 is 2.65 bits per heavy atom. The molecule has 2 unspecified atom stereocenters. The Bertz CT molecular complexity index is 187. The molecule has 2 nitrogen and oxygen atoms in total. The van der Waals surface area contributed by atoms with Crippen molar-refractivity contribution in [2.24, 2.45) is 0 Å². The maximum Gasteiger partial charge on any atom is 0.0198 e. The molecule has 0 aliphatic carbocycles. The predicted octanol–water partition coefficient (Wildman–Crippen LogP) is 3.47. The van der Waals surface area contributed by atoms with Gasteiger partial charge >= 0.3 is 0 Å². The molecule has 2 atom stereocenters. The van der Waals surface area contributed by atoms with Gasteiger partial charge in [0.15, 0.2) is 0 Å². The molecule has 0 spiro atoms. The predicted molar refractivity (Wildman–Crippen MR) is 76.5 cm³/mol. The van der Waals surface area contributed by atoms with Gasteiger partial charge in [0.25, 0.3) is 0 Å². The summed E-state index contributed by atoms with van der Waals surface area (Å²) in [6.45, 7) is 9.38. The van der Waals surface area contributed by atoms with Crippen molar-refractivity contribution in [2.75, 3.05) is 13.1 Å². The molecule has 1 aliphatic heterocycles. The highest BCUT2D eigenvalue weighted by molar-refractivity contribution is 4.87. The van der Waals surface area contributed by atoms with Gasteiger partial charge in [-0.25, -0.2) is 0 Å². The molecule has 0 amide bonds. The summed E-state index contributed by atoms with van der Waals surface area (Å²) in [6.07, 6.45) is 10.8. The Morgan fingerprint density at radius 1 is 1.24 bits per heavy atom. The third kappa shape index (κ3) is 5.87. The van der Waals surface area contributed by atoms with E-state index in [1.807, 2.05) is 0 Å². The van der Waals surface area contributed by atoms with Gasteiger partial charge in [0.2, 0.25) is 0 Å². The fraction of sp³-hybridized carbons (Fsp3) is 1.00. The molecular weight excluding hydrogens is 208 g/mol. The highest BCUT2D eigenvalue weighted by Crippen LogP contribution is 2.21. The second kappa shape index (κ2) is 8.10. The molecule has 1 rings (SSSR count). The van der Waals surface area contributed by atoms with E-state index < -0.39 is 0 Å². The zero-order chi connectivity index (χ0) is 12.6. The average molecular weight is 240 g/mol. The van der Waals surface area contributed by atoms with E-state index in [1.54, 1.807) is 0 Å². The summed E-state index contributed by atoms with van der Waals surface area (Å²) in [4.78, 5) is 0. The minimum absolute atomic E-state index is 0.359. The second-order valence-corrected chi connectivity index (χ2v) is 5.91. The molecule has 17 heavy (non-hydrogen) atoms. The monoisotopic (exact) mass is 240 g/mol. The molecule has 1 saturated heterocycles. The van der Waals surface area contributed by atoms with E-state index in [2.05, 4.69) is 31.4 Å². The lowest BCUT2D eigenvalue weighted by Crippen LogP contribution is -2.53. The minimum Gasteiger partial charge on any atom is -0.315 e. The zero-order valence-corrected chi connectivity index (χ0v) is 12.1. The van der Waals surface area contributed by atoms with E-state index >= 15 is 0 Å². The Morgan fingerprint density at radius 2 is 2.06 bits per heavy atom. The molecule has 2 heteroatoms. The van der Waals surface area contributed by atoms with Crippen LogP contribution in [0.4, 0.5) is 0 Å². The van der Waals surface area contributed by atoms with Crippen LogP contribution in [0.25, 0.3) is 0 Å². The van der Waals surface area contributed by atoms with Gasteiger partial charge in [0.1, 0.15) is 0 Å². The van der Waals surface area contributed by atoms with Crippen molar-refractivity contribution in [3.63, 3.8) is 0 Å². The molecule has 0 aromatic carbocycles. The van der Waals surface area contributed by atoms with E-state index in [0.29, 0.717) is 11.6 Å². The minimum atomic E-state index is 0.359. The first-order valence-electron chi connectivity index (χ1n) is 7.68. The van der Waals surface area contributed by atoms with Crippen molar-refractivity contribution >= 4 is 0 Å². The average Bonchev–Trinajstić information content (AvgIpc) is 2.36. The van der Waals surface area contributed by atoms with Gasteiger partial charge in [-0.05, 0) is 39.2 Å². The van der Waals surface area contributed by atoms with Crippen molar-refractivity contribution in [2.45, 2.75) is 83.7 Å². The maximum atomic E-state index is 3.90. The Kier molecular flexibility index (Phi) is 7.14. The van der Waals surface area contributed by atoms with Crippen LogP contribution in [-0.4, -0.2) is 24.7 Å². The van der Waals surface area contributed by atoms with Crippen molar-refractivity contribution < 1.29 is 0 Å². The fourth-order valence-electron chi connectivity index (χ4n) is 2.76. The van der Waals surface area contributed by atoms with Crippen molar-refractivity contribution in [1.29, 1.82) is 0 Å². The smallest absolute Gasteiger partial charge is 0.0198 e. The largest absolute Gasteiger partial charge is 0.315 e. The van der Waals surface area contributed by atoms with Crippen LogP contribution in [0.15, 0.2) is 0 Å². The van der Waals surface area contributed by atoms with E-state index in [4.69, 9.17) is 0 Å². The van der Waals surface area contributed by atoms with Crippen LogP contribution in [0.3, 0.4) is 0 Å².